The van der Waals surface area contributed by atoms with Gasteiger partial charge in [0.2, 0.25) is 5.89 Å². The summed E-state index contributed by atoms with van der Waals surface area (Å²) in [4.78, 5) is 16.9. The topological polar surface area (TPSA) is 66.6 Å². The maximum atomic E-state index is 10.7. The Kier molecular flexibility index (Phi) is 3.05. The van der Waals surface area contributed by atoms with Crippen LogP contribution in [0, 0.1) is 0 Å². The summed E-state index contributed by atoms with van der Waals surface area (Å²) in [7, 11) is 0. The highest BCUT2D eigenvalue weighted by molar-refractivity contribution is 5.84. The molecule has 1 aromatic carbocycles. The van der Waals surface area contributed by atoms with E-state index in [0.717, 1.165) is 19.5 Å². The lowest BCUT2D eigenvalue weighted by Gasteiger charge is -2.27. The molecule has 2 heterocycles. The maximum Gasteiger partial charge on any atom is 0.357 e. The van der Waals surface area contributed by atoms with Crippen LogP contribution in [0.4, 0.5) is 0 Å². The number of aromatic nitrogens is 1. The van der Waals surface area contributed by atoms with Gasteiger partial charge in [-0.2, -0.15) is 0 Å². The Balaban J connectivity index is 1.70. The molecule has 0 radical (unpaired) electrons. The average Bonchev–Trinajstić information content (AvgIpc) is 2.87. The van der Waals surface area contributed by atoms with Crippen LogP contribution in [0.15, 0.2) is 34.9 Å². The zero-order valence-corrected chi connectivity index (χ0v) is 10.4. The van der Waals surface area contributed by atoms with Crippen molar-refractivity contribution in [3.05, 3.63) is 53.2 Å². The number of aromatic carboxylic acids is 1. The normalized spacial score (nSPS) is 15.2. The van der Waals surface area contributed by atoms with Gasteiger partial charge in [0.15, 0.2) is 5.69 Å². The molecule has 0 unspecified atom stereocenters. The van der Waals surface area contributed by atoms with E-state index in [0.29, 0.717) is 12.4 Å². The molecule has 5 nitrogen and oxygen atoms in total. The largest absolute Gasteiger partial charge is 0.476 e. The van der Waals surface area contributed by atoms with E-state index in [1.165, 1.54) is 17.4 Å². The van der Waals surface area contributed by atoms with E-state index in [4.69, 9.17) is 9.52 Å². The fourth-order valence-corrected chi connectivity index (χ4v) is 2.36. The second kappa shape index (κ2) is 4.85. The lowest BCUT2D eigenvalue weighted by atomic mass is 10.00. The van der Waals surface area contributed by atoms with Gasteiger partial charge in [-0.3, -0.25) is 4.90 Å². The van der Waals surface area contributed by atoms with Crippen molar-refractivity contribution in [2.45, 2.75) is 19.5 Å². The number of carbonyl (C=O) groups is 1. The monoisotopic (exact) mass is 258 g/mol. The second-order valence-electron chi connectivity index (χ2n) is 4.66. The lowest BCUT2D eigenvalue weighted by Crippen LogP contribution is -2.30. The van der Waals surface area contributed by atoms with E-state index >= 15 is 0 Å². The van der Waals surface area contributed by atoms with Crippen molar-refractivity contribution < 1.29 is 14.3 Å². The molecule has 5 heteroatoms. The SMILES string of the molecule is O=C(O)c1coc(CN2CCc3ccccc3C2)n1. The number of rotatable bonds is 3. The molecule has 0 amide bonds. The molecular weight excluding hydrogens is 244 g/mol. The summed E-state index contributed by atoms with van der Waals surface area (Å²) in [5.41, 5.74) is 2.67. The summed E-state index contributed by atoms with van der Waals surface area (Å²) in [6, 6.07) is 8.37. The summed E-state index contributed by atoms with van der Waals surface area (Å²) in [5, 5.41) is 8.80. The Morgan fingerprint density at radius 1 is 1.37 bits per heavy atom. The van der Waals surface area contributed by atoms with Crippen molar-refractivity contribution in [1.82, 2.24) is 9.88 Å². The average molecular weight is 258 g/mol. The number of hydrogen-bond donors (Lipinski definition) is 1. The molecule has 0 bridgehead atoms. The number of oxazole rings is 1. The van der Waals surface area contributed by atoms with Crippen LogP contribution < -0.4 is 0 Å². The quantitative estimate of drug-likeness (QED) is 0.911. The van der Waals surface area contributed by atoms with Crippen molar-refractivity contribution in [2.75, 3.05) is 6.54 Å². The van der Waals surface area contributed by atoms with Crippen LogP contribution in [0.3, 0.4) is 0 Å². The number of hydrogen-bond acceptors (Lipinski definition) is 4. The third-order valence-electron chi connectivity index (χ3n) is 3.34. The predicted octanol–water partition coefficient (Wildman–Crippen LogP) is 1.93. The summed E-state index contributed by atoms with van der Waals surface area (Å²) >= 11 is 0. The molecular formula is C14H14N2O3. The molecule has 1 N–H and O–H groups in total. The van der Waals surface area contributed by atoms with Crippen LogP contribution in [0.25, 0.3) is 0 Å². The van der Waals surface area contributed by atoms with Crippen molar-refractivity contribution in [3.63, 3.8) is 0 Å². The van der Waals surface area contributed by atoms with E-state index in [9.17, 15) is 4.79 Å². The zero-order valence-electron chi connectivity index (χ0n) is 10.4. The Hall–Kier alpha value is -2.14. The first kappa shape index (κ1) is 11.9. The summed E-state index contributed by atoms with van der Waals surface area (Å²) in [6.45, 7) is 2.32. The fourth-order valence-electron chi connectivity index (χ4n) is 2.36. The predicted molar refractivity (Wildman–Crippen MR) is 67.7 cm³/mol. The molecule has 0 aliphatic carbocycles. The van der Waals surface area contributed by atoms with Crippen LogP contribution in [-0.4, -0.2) is 27.5 Å². The van der Waals surface area contributed by atoms with Gasteiger partial charge in [-0.15, -0.1) is 0 Å². The summed E-state index contributed by atoms with van der Waals surface area (Å²) in [6.07, 6.45) is 2.19. The molecule has 2 aromatic rings. The van der Waals surface area contributed by atoms with Crippen molar-refractivity contribution >= 4 is 5.97 Å². The van der Waals surface area contributed by atoms with E-state index in [1.807, 2.05) is 6.07 Å². The fraction of sp³-hybridized carbons (Fsp3) is 0.286. The molecule has 1 aliphatic rings. The Labute approximate surface area is 110 Å². The highest BCUT2D eigenvalue weighted by Gasteiger charge is 2.18. The van der Waals surface area contributed by atoms with Gasteiger partial charge in [0.25, 0.3) is 0 Å². The summed E-state index contributed by atoms with van der Waals surface area (Å²) < 4.78 is 5.18. The molecule has 98 valence electrons. The van der Waals surface area contributed by atoms with Crippen LogP contribution in [-0.2, 0) is 19.5 Å². The smallest absolute Gasteiger partial charge is 0.357 e. The van der Waals surface area contributed by atoms with Gasteiger partial charge < -0.3 is 9.52 Å². The van der Waals surface area contributed by atoms with E-state index in [1.54, 1.807) is 0 Å². The first-order chi connectivity index (χ1) is 9.22. The van der Waals surface area contributed by atoms with Crippen molar-refractivity contribution in [2.24, 2.45) is 0 Å². The van der Waals surface area contributed by atoms with Gasteiger partial charge >= 0.3 is 5.97 Å². The van der Waals surface area contributed by atoms with Gasteiger partial charge in [-0.25, -0.2) is 9.78 Å². The third kappa shape index (κ3) is 2.51. The van der Waals surface area contributed by atoms with Gasteiger partial charge in [0, 0.05) is 13.1 Å². The molecule has 0 atom stereocenters. The molecule has 0 saturated heterocycles. The molecule has 0 saturated carbocycles. The maximum absolute atomic E-state index is 10.7. The highest BCUT2D eigenvalue weighted by Crippen LogP contribution is 2.20. The molecule has 1 aromatic heterocycles. The van der Waals surface area contributed by atoms with Gasteiger partial charge in [0.1, 0.15) is 6.26 Å². The van der Waals surface area contributed by atoms with Crippen molar-refractivity contribution in [1.29, 1.82) is 0 Å². The van der Waals surface area contributed by atoms with Crippen LogP contribution in [0.5, 0.6) is 0 Å². The summed E-state index contributed by atoms with van der Waals surface area (Å²) in [5.74, 6) is -0.601. The minimum atomic E-state index is -1.06. The van der Waals surface area contributed by atoms with Gasteiger partial charge in [0.05, 0.1) is 6.54 Å². The van der Waals surface area contributed by atoms with Crippen LogP contribution in [0.2, 0.25) is 0 Å². The molecule has 0 fully saturated rings. The Morgan fingerprint density at radius 2 is 2.16 bits per heavy atom. The molecule has 0 spiro atoms. The van der Waals surface area contributed by atoms with Crippen LogP contribution in [0.1, 0.15) is 27.5 Å². The standard InChI is InChI=1S/C14H14N2O3/c17-14(18)12-9-19-13(15-12)8-16-6-5-10-3-1-2-4-11(10)7-16/h1-4,9H,5-8H2,(H,17,18). The second-order valence-corrected chi connectivity index (χ2v) is 4.66. The number of benzene rings is 1. The van der Waals surface area contributed by atoms with Crippen molar-refractivity contribution in [3.8, 4) is 0 Å². The number of carboxylic acids is 1. The highest BCUT2D eigenvalue weighted by atomic mass is 16.4. The first-order valence-corrected chi connectivity index (χ1v) is 6.19. The number of carboxylic acid groups (broad SMARTS) is 1. The molecule has 19 heavy (non-hydrogen) atoms. The molecule has 1 aliphatic heterocycles. The Morgan fingerprint density at radius 3 is 2.89 bits per heavy atom. The minimum absolute atomic E-state index is 0.0348. The molecule has 3 rings (SSSR count). The van der Waals surface area contributed by atoms with E-state index in [2.05, 4.69) is 28.1 Å². The number of nitrogens with zero attached hydrogens (tertiary/aromatic N) is 2. The zero-order chi connectivity index (χ0) is 13.2. The third-order valence-corrected chi connectivity index (χ3v) is 3.34. The Bertz CT molecular complexity index is 606. The minimum Gasteiger partial charge on any atom is -0.476 e. The van der Waals surface area contributed by atoms with Gasteiger partial charge in [-0.05, 0) is 17.5 Å². The first-order valence-electron chi connectivity index (χ1n) is 6.19. The lowest BCUT2D eigenvalue weighted by molar-refractivity contribution is 0.0690. The van der Waals surface area contributed by atoms with Crippen LogP contribution >= 0.6 is 0 Å². The van der Waals surface area contributed by atoms with E-state index in [-0.39, 0.29) is 5.69 Å². The number of fused-ring (bicyclic) bond motifs is 1. The van der Waals surface area contributed by atoms with E-state index < -0.39 is 5.97 Å². The van der Waals surface area contributed by atoms with Gasteiger partial charge in [-0.1, -0.05) is 24.3 Å².